The van der Waals surface area contributed by atoms with Crippen molar-refractivity contribution >= 4 is 12.0 Å². The van der Waals surface area contributed by atoms with Gasteiger partial charge in [-0.2, -0.15) is 5.26 Å². The van der Waals surface area contributed by atoms with Gasteiger partial charge < -0.3 is 5.73 Å². The number of primary amides is 1. The van der Waals surface area contributed by atoms with E-state index in [1.807, 2.05) is 30.3 Å². The van der Waals surface area contributed by atoms with E-state index in [2.05, 4.69) is 6.07 Å². The lowest BCUT2D eigenvalue weighted by atomic mass is 9.96. The first kappa shape index (κ1) is 11.4. The summed E-state index contributed by atoms with van der Waals surface area (Å²) in [6, 6.07) is 10.3. The SMILES string of the molecule is N#CC1(c2ccc(C=CCC(N)=O)cc2)CC1. The van der Waals surface area contributed by atoms with Crippen molar-refractivity contribution in [2.75, 3.05) is 0 Å². The first-order valence-corrected chi connectivity index (χ1v) is 5.63. The van der Waals surface area contributed by atoms with Crippen molar-refractivity contribution in [3.05, 3.63) is 41.5 Å². The standard InChI is InChI=1S/C14H14N2O/c15-10-14(8-9-14)12-6-4-11(5-7-12)2-1-3-13(16)17/h1-2,4-7H,3,8-9H2,(H2,16,17). The molecule has 0 saturated heterocycles. The summed E-state index contributed by atoms with van der Waals surface area (Å²) in [6.07, 6.45) is 5.78. The van der Waals surface area contributed by atoms with Gasteiger partial charge in [0.1, 0.15) is 0 Å². The average Bonchev–Trinajstić information content (AvgIpc) is 3.10. The molecule has 0 bridgehead atoms. The zero-order chi connectivity index (χ0) is 12.3. The number of amides is 1. The molecule has 0 aliphatic heterocycles. The van der Waals surface area contributed by atoms with Crippen molar-refractivity contribution in [3.8, 4) is 6.07 Å². The third-order valence-electron chi connectivity index (χ3n) is 3.06. The Bertz CT molecular complexity index is 490. The highest BCUT2D eigenvalue weighted by Crippen LogP contribution is 2.47. The largest absolute Gasteiger partial charge is 0.369 e. The van der Waals surface area contributed by atoms with Crippen molar-refractivity contribution in [3.63, 3.8) is 0 Å². The highest BCUT2D eigenvalue weighted by Gasteiger charge is 2.44. The number of carbonyl (C=O) groups excluding carboxylic acids is 1. The van der Waals surface area contributed by atoms with Gasteiger partial charge >= 0.3 is 0 Å². The molecule has 1 saturated carbocycles. The van der Waals surface area contributed by atoms with Crippen LogP contribution in [0.25, 0.3) is 6.08 Å². The summed E-state index contributed by atoms with van der Waals surface area (Å²) in [5.41, 5.74) is 6.92. The Balaban J connectivity index is 2.06. The predicted octanol–water partition coefficient (Wildman–Crippen LogP) is 2.13. The Labute approximate surface area is 101 Å². The van der Waals surface area contributed by atoms with E-state index in [-0.39, 0.29) is 17.7 Å². The summed E-state index contributed by atoms with van der Waals surface area (Å²) in [5, 5.41) is 9.07. The Morgan fingerprint density at radius 1 is 1.41 bits per heavy atom. The molecule has 17 heavy (non-hydrogen) atoms. The van der Waals surface area contributed by atoms with E-state index in [1.165, 1.54) is 0 Å². The molecule has 0 heterocycles. The maximum absolute atomic E-state index is 10.6. The topological polar surface area (TPSA) is 66.9 Å². The minimum absolute atomic E-state index is 0.227. The number of hydrogen-bond acceptors (Lipinski definition) is 2. The van der Waals surface area contributed by atoms with Crippen LogP contribution in [0.15, 0.2) is 30.3 Å². The van der Waals surface area contributed by atoms with Gasteiger partial charge in [-0.15, -0.1) is 0 Å². The summed E-state index contributed by atoms with van der Waals surface area (Å²) in [6.45, 7) is 0. The monoisotopic (exact) mass is 226 g/mol. The third kappa shape index (κ3) is 2.54. The molecule has 2 rings (SSSR count). The molecule has 1 aromatic carbocycles. The number of nitrogens with zero attached hydrogens (tertiary/aromatic N) is 1. The normalized spacial score (nSPS) is 16.6. The first-order valence-electron chi connectivity index (χ1n) is 5.63. The van der Waals surface area contributed by atoms with Crippen molar-refractivity contribution in [1.82, 2.24) is 0 Å². The molecule has 86 valence electrons. The fourth-order valence-electron chi connectivity index (χ4n) is 1.81. The van der Waals surface area contributed by atoms with Crippen LogP contribution in [0.1, 0.15) is 30.4 Å². The predicted molar refractivity (Wildman–Crippen MR) is 65.8 cm³/mol. The van der Waals surface area contributed by atoms with E-state index >= 15 is 0 Å². The van der Waals surface area contributed by atoms with Crippen LogP contribution < -0.4 is 5.73 Å². The number of rotatable bonds is 4. The molecule has 0 atom stereocenters. The summed E-state index contributed by atoms with van der Waals surface area (Å²) in [4.78, 5) is 10.6. The molecule has 3 nitrogen and oxygen atoms in total. The molecule has 0 spiro atoms. The van der Waals surface area contributed by atoms with E-state index < -0.39 is 0 Å². The molecular formula is C14H14N2O. The van der Waals surface area contributed by atoms with Crippen LogP contribution in [0, 0.1) is 11.3 Å². The minimum Gasteiger partial charge on any atom is -0.369 e. The van der Waals surface area contributed by atoms with E-state index in [1.54, 1.807) is 6.08 Å². The van der Waals surface area contributed by atoms with Gasteiger partial charge in [0.05, 0.1) is 11.5 Å². The zero-order valence-corrected chi connectivity index (χ0v) is 9.52. The second-order valence-electron chi connectivity index (χ2n) is 4.39. The van der Waals surface area contributed by atoms with Crippen LogP contribution in [0.4, 0.5) is 0 Å². The van der Waals surface area contributed by atoms with E-state index in [0.29, 0.717) is 0 Å². The van der Waals surface area contributed by atoms with Crippen molar-refractivity contribution in [2.45, 2.75) is 24.7 Å². The first-order chi connectivity index (χ1) is 8.16. The number of hydrogen-bond donors (Lipinski definition) is 1. The highest BCUT2D eigenvalue weighted by molar-refractivity contribution is 5.76. The molecule has 1 amide bonds. The van der Waals surface area contributed by atoms with Gasteiger partial charge in [0.25, 0.3) is 0 Å². The van der Waals surface area contributed by atoms with Gasteiger partial charge in [-0.3, -0.25) is 4.79 Å². The van der Waals surface area contributed by atoms with Crippen LogP contribution >= 0.6 is 0 Å². The molecule has 3 heteroatoms. The van der Waals surface area contributed by atoms with Crippen LogP contribution in [-0.4, -0.2) is 5.91 Å². The lowest BCUT2D eigenvalue weighted by Crippen LogP contribution is -2.07. The highest BCUT2D eigenvalue weighted by atomic mass is 16.1. The number of nitrogens with two attached hydrogens (primary N) is 1. The molecule has 1 aliphatic carbocycles. The maximum Gasteiger partial charge on any atom is 0.221 e. The van der Waals surface area contributed by atoms with Gasteiger partial charge in [0.2, 0.25) is 5.91 Å². The quantitative estimate of drug-likeness (QED) is 0.854. The molecule has 0 unspecified atom stereocenters. The number of benzene rings is 1. The summed E-state index contributed by atoms with van der Waals surface area (Å²) in [7, 11) is 0. The molecule has 1 aromatic rings. The fourth-order valence-corrected chi connectivity index (χ4v) is 1.81. The maximum atomic E-state index is 10.6. The van der Waals surface area contributed by atoms with Crippen LogP contribution in [0.5, 0.6) is 0 Å². The lowest BCUT2D eigenvalue weighted by molar-refractivity contribution is -0.117. The van der Waals surface area contributed by atoms with Crippen molar-refractivity contribution in [2.24, 2.45) is 5.73 Å². The Kier molecular flexibility index (Phi) is 2.97. The summed E-state index contributed by atoms with van der Waals surface area (Å²) in [5.74, 6) is -0.334. The third-order valence-corrected chi connectivity index (χ3v) is 3.06. The van der Waals surface area contributed by atoms with E-state index in [4.69, 9.17) is 11.0 Å². The van der Waals surface area contributed by atoms with Gasteiger partial charge in [-0.25, -0.2) is 0 Å². The Hall–Kier alpha value is -2.08. The average molecular weight is 226 g/mol. The van der Waals surface area contributed by atoms with Gasteiger partial charge in [0.15, 0.2) is 0 Å². The minimum atomic E-state index is -0.334. The smallest absolute Gasteiger partial charge is 0.221 e. The van der Waals surface area contributed by atoms with Gasteiger partial charge in [0, 0.05) is 6.42 Å². The second kappa shape index (κ2) is 4.42. The Morgan fingerprint density at radius 3 is 2.53 bits per heavy atom. The van der Waals surface area contributed by atoms with Crippen molar-refractivity contribution < 1.29 is 4.79 Å². The number of nitriles is 1. The van der Waals surface area contributed by atoms with Gasteiger partial charge in [-0.05, 0) is 24.0 Å². The zero-order valence-electron chi connectivity index (χ0n) is 9.52. The molecule has 0 aromatic heterocycles. The Morgan fingerprint density at radius 2 is 2.06 bits per heavy atom. The molecular weight excluding hydrogens is 212 g/mol. The lowest BCUT2D eigenvalue weighted by Gasteiger charge is -2.05. The van der Waals surface area contributed by atoms with Crippen LogP contribution in [0.2, 0.25) is 0 Å². The van der Waals surface area contributed by atoms with Crippen molar-refractivity contribution in [1.29, 1.82) is 5.26 Å². The number of carbonyl (C=O) groups is 1. The molecule has 2 N–H and O–H groups in total. The molecule has 1 aliphatic rings. The van der Waals surface area contributed by atoms with Crippen LogP contribution in [-0.2, 0) is 10.2 Å². The van der Waals surface area contributed by atoms with Crippen LogP contribution in [0.3, 0.4) is 0 Å². The molecule has 1 fully saturated rings. The molecule has 0 radical (unpaired) electrons. The second-order valence-corrected chi connectivity index (χ2v) is 4.39. The fraction of sp³-hybridized carbons (Fsp3) is 0.286. The summed E-state index contributed by atoms with van der Waals surface area (Å²) < 4.78 is 0. The summed E-state index contributed by atoms with van der Waals surface area (Å²) >= 11 is 0. The van der Waals surface area contributed by atoms with E-state index in [0.717, 1.165) is 24.0 Å². The van der Waals surface area contributed by atoms with Gasteiger partial charge in [-0.1, -0.05) is 36.4 Å². The van der Waals surface area contributed by atoms with E-state index in [9.17, 15) is 4.79 Å².